The van der Waals surface area contributed by atoms with Gasteiger partial charge in [0.2, 0.25) is 11.8 Å². The van der Waals surface area contributed by atoms with Crippen LogP contribution < -0.4 is 0 Å². The maximum Gasteiger partial charge on any atom is 0.306 e. The molecule has 1 aromatic heterocycles. The molecule has 6 nitrogen and oxygen atoms in total. The molecule has 18 heavy (non-hydrogen) atoms. The second-order valence-corrected chi connectivity index (χ2v) is 5.31. The molecule has 0 N–H and O–H groups in total. The van der Waals surface area contributed by atoms with Crippen LogP contribution in [-0.2, 0) is 21.5 Å². The van der Waals surface area contributed by atoms with Gasteiger partial charge in [0.1, 0.15) is 0 Å². The minimum Gasteiger partial charge on any atom is -0.469 e. The van der Waals surface area contributed by atoms with Gasteiger partial charge in [-0.3, -0.25) is 9.69 Å². The number of carbonyl (C=O) groups excluding carboxylic acids is 1. The zero-order chi connectivity index (χ0) is 13.8. The van der Waals surface area contributed by atoms with Crippen LogP contribution in [0.25, 0.3) is 0 Å². The zero-order valence-corrected chi connectivity index (χ0v) is 11.7. The Kier molecular flexibility index (Phi) is 4.84. The lowest BCUT2D eigenvalue weighted by Crippen LogP contribution is -2.22. The highest BCUT2D eigenvalue weighted by atomic mass is 16.5. The maximum absolute atomic E-state index is 11.0. The molecule has 1 heterocycles. The number of hydrogen-bond donors (Lipinski definition) is 0. The van der Waals surface area contributed by atoms with Crippen molar-refractivity contribution in [1.29, 1.82) is 0 Å². The van der Waals surface area contributed by atoms with E-state index in [4.69, 9.17) is 4.42 Å². The van der Waals surface area contributed by atoms with Gasteiger partial charge in [-0.2, -0.15) is 0 Å². The molecular weight excluding hydrogens is 234 g/mol. The van der Waals surface area contributed by atoms with Crippen molar-refractivity contribution in [2.24, 2.45) is 0 Å². The van der Waals surface area contributed by atoms with Gasteiger partial charge in [0.15, 0.2) is 0 Å². The van der Waals surface area contributed by atoms with E-state index in [1.54, 1.807) is 0 Å². The summed E-state index contributed by atoms with van der Waals surface area (Å²) in [6.45, 7) is 7.18. The van der Waals surface area contributed by atoms with Crippen molar-refractivity contribution >= 4 is 5.97 Å². The zero-order valence-electron chi connectivity index (χ0n) is 11.7. The number of carbonyl (C=O) groups is 1. The van der Waals surface area contributed by atoms with Gasteiger partial charge in [0.05, 0.1) is 20.1 Å². The van der Waals surface area contributed by atoms with Crippen LogP contribution in [0.5, 0.6) is 0 Å². The number of hydrogen-bond acceptors (Lipinski definition) is 6. The molecule has 0 bridgehead atoms. The monoisotopic (exact) mass is 255 g/mol. The van der Waals surface area contributed by atoms with Gasteiger partial charge in [-0.25, -0.2) is 0 Å². The lowest BCUT2D eigenvalue weighted by molar-refractivity contribution is -0.140. The number of ether oxygens (including phenoxy) is 1. The van der Waals surface area contributed by atoms with E-state index in [9.17, 15) is 4.79 Å². The van der Waals surface area contributed by atoms with Crippen molar-refractivity contribution < 1.29 is 13.9 Å². The van der Waals surface area contributed by atoms with Gasteiger partial charge in [0.25, 0.3) is 0 Å². The van der Waals surface area contributed by atoms with Crippen molar-refractivity contribution in [2.45, 2.75) is 39.2 Å². The maximum atomic E-state index is 11.0. The molecule has 0 aliphatic carbocycles. The first-order chi connectivity index (χ1) is 8.32. The molecule has 0 spiro atoms. The van der Waals surface area contributed by atoms with Crippen LogP contribution >= 0.6 is 0 Å². The molecule has 0 saturated carbocycles. The van der Waals surface area contributed by atoms with Gasteiger partial charge < -0.3 is 9.15 Å². The summed E-state index contributed by atoms with van der Waals surface area (Å²) in [5.41, 5.74) is -0.143. The molecule has 0 aliphatic rings. The minimum atomic E-state index is -0.220. The standard InChI is InChI=1S/C12H21N3O3/c1-12(2,3)11-14-13-9(18-11)8-15(4)7-6-10(16)17-5/h6-8H2,1-5H3. The molecule has 0 saturated heterocycles. The summed E-state index contributed by atoms with van der Waals surface area (Å²) in [4.78, 5) is 12.9. The fourth-order valence-corrected chi connectivity index (χ4v) is 1.31. The molecule has 0 atom stereocenters. The van der Waals surface area contributed by atoms with E-state index < -0.39 is 0 Å². The van der Waals surface area contributed by atoms with Gasteiger partial charge in [-0.15, -0.1) is 10.2 Å². The molecule has 0 unspecified atom stereocenters. The van der Waals surface area contributed by atoms with Crippen LogP contribution in [0.4, 0.5) is 0 Å². The van der Waals surface area contributed by atoms with E-state index in [0.29, 0.717) is 31.3 Å². The Labute approximate surface area is 107 Å². The van der Waals surface area contributed by atoms with Crippen LogP contribution in [0.3, 0.4) is 0 Å². The SMILES string of the molecule is COC(=O)CCN(C)Cc1nnc(C(C)(C)C)o1. The average Bonchev–Trinajstić information content (AvgIpc) is 2.74. The third-order valence-electron chi connectivity index (χ3n) is 2.44. The molecule has 0 radical (unpaired) electrons. The number of esters is 1. The van der Waals surface area contributed by atoms with E-state index in [1.807, 2.05) is 32.7 Å². The van der Waals surface area contributed by atoms with Crippen molar-refractivity contribution in [3.05, 3.63) is 11.8 Å². The Morgan fingerprint density at radius 1 is 1.39 bits per heavy atom. The van der Waals surface area contributed by atoms with Crippen molar-refractivity contribution in [3.8, 4) is 0 Å². The van der Waals surface area contributed by atoms with E-state index in [0.717, 1.165) is 0 Å². The van der Waals surface area contributed by atoms with Crippen LogP contribution in [-0.4, -0.2) is 41.8 Å². The molecule has 0 aromatic carbocycles. The van der Waals surface area contributed by atoms with E-state index >= 15 is 0 Å². The molecule has 0 aliphatic heterocycles. The topological polar surface area (TPSA) is 68.5 Å². The summed E-state index contributed by atoms with van der Waals surface area (Å²) < 4.78 is 10.2. The van der Waals surface area contributed by atoms with Crippen LogP contribution in [0.15, 0.2) is 4.42 Å². The Bertz CT molecular complexity index is 396. The first-order valence-corrected chi connectivity index (χ1v) is 5.91. The summed E-state index contributed by atoms with van der Waals surface area (Å²) >= 11 is 0. The first kappa shape index (κ1) is 14.6. The third kappa shape index (κ3) is 4.44. The minimum absolute atomic E-state index is 0.143. The lowest BCUT2D eigenvalue weighted by atomic mass is 9.97. The van der Waals surface area contributed by atoms with Crippen molar-refractivity contribution in [1.82, 2.24) is 15.1 Å². The lowest BCUT2D eigenvalue weighted by Gasteiger charge is -2.13. The Morgan fingerprint density at radius 3 is 2.56 bits per heavy atom. The predicted octanol–water partition coefficient (Wildman–Crippen LogP) is 1.36. The van der Waals surface area contributed by atoms with Gasteiger partial charge in [-0.05, 0) is 7.05 Å². The molecule has 0 amide bonds. The summed E-state index contributed by atoms with van der Waals surface area (Å²) in [7, 11) is 3.28. The van der Waals surface area contributed by atoms with E-state index in [2.05, 4.69) is 14.9 Å². The van der Waals surface area contributed by atoms with Gasteiger partial charge in [0, 0.05) is 12.0 Å². The van der Waals surface area contributed by atoms with Crippen molar-refractivity contribution in [2.75, 3.05) is 20.7 Å². The largest absolute Gasteiger partial charge is 0.469 e. The highest BCUT2D eigenvalue weighted by Gasteiger charge is 2.21. The highest BCUT2D eigenvalue weighted by Crippen LogP contribution is 2.20. The molecule has 1 aromatic rings. The molecular formula is C12H21N3O3. The number of methoxy groups -OCH3 is 1. The quantitative estimate of drug-likeness (QED) is 0.740. The average molecular weight is 255 g/mol. The fourth-order valence-electron chi connectivity index (χ4n) is 1.31. The molecule has 6 heteroatoms. The Morgan fingerprint density at radius 2 is 2.06 bits per heavy atom. The highest BCUT2D eigenvalue weighted by molar-refractivity contribution is 5.69. The van der Waals surface area contributed by atoms with Crippen LogP contribution in [0, 0.1) is 0 Å². The number of aromatic nitrogens is 2. The molecule has 102 valence electrons. The third-order valence-corrected chi connectivity index (χ3v) is 2.44. The van der Waals surface area contributed by atoms with Crippen molar-refractivity contribution in [3.63, 3.8) is 0 Å². The second-order valence-electron chi connectivity index (χ2n) is 5.31. The molecule has 0 fully saturated rings. The van der Waals surface area contributed by atoms with Crippen LogP contribution in [0.2, 0.25) is 0 Å². The van der Waals surface area contributed by atoms with Gasteiger partial charge in [-0.1, -0.05) is 20.8 Å². The normalized spacial score (nSPS) is 11.9. The Hall–Kier alpha value is -1.43. The number of rotatable bonds is 5. The first-order valence-electron chi connectivity index (χ1n) is 5.91. The Balaban J connectivity index is 2.47. The van der Waals surface area contributed by atoms with Gasteiger partial charge >= 0.3 is 5.97 Å². The summed E-state index contributed by atoms with van der Waals surface area (Å²) in [6.07, 6.45) is 0.354. The molecule has 1 rings (SSSR count). The fraction of sp³-hybridized carbons (Fsp3) is 0.750. The predicted molar refractivity (Wildman–Crippen MR) is 66.0 cm³/mol. The van der Waals surface area contributed by atoms with E-state index in [-0.39, 0.29) is 11.4 Å². The summed E-state index contributed by atoms with van der Waals surface area (Å²) in [5.74, 6) is 0.967. The number of nitrogens with zero attached hydrogens (tertiary/aromatic N) is 3. The second kappa shape index (κ2) is 5.95. The van der Waals surface area contributed by atoms with E-state index in [1.165, 1.54) is 7.11 Å². The van der Waals surface area contributed by atoms with Crippen LogP contribution in [0.1, 0.15) is 39.0 Å². The smallest absolute Gasteiger partial charge is 0.306 e. The summed E-state index contributed by atoms with van der Waals surface area (Å²) in [6, 6.07) is 0. The summed E-state index contributed by atoms with van der Waals surface area (Å²) in [5, 5.41) is 8.01.